The van der Waals surface area contributed by atoms with Crippen LogP contribution in [0.15, 0.2) is 18.3 Å². The lowest BCUT2D eigenvalue weighted by molar-refractivity contribution is -0.392. The summed E-state index contributed by atoms with van der Waals surface area (Å²) in [5, 5.41) is 21.7. The summed E-state index contributed by atoms with van der Waals surface area (Å²) in [7, 11) is 0. The SMILES string of the molecule is O=[N+]([O-])c1cc(C(F)(F)F)c(Cl)c([N+](=O)[O-])c1Nc1c(C(F)(F)F)ccnc1Cl. The fraction of sp³-hybridized carbons (Fsp3) is 0.154. The van der Waals surface area contributed by atoms with Crippen molar-refractivity contribution in [3.8, 4) is 0 Å². The van der Waals surface area contributed by atoms with Crippen molar-refractivity contribution in [2.24, 2.45) is 0 Å². The van der Waals surface area contributed by atoms with Gasteiger partial charge in [0.25, 0.3) is 0 Å². The van der Waals surface area contributed by atoms with E-state index in [1.165, 1.54) is 0 Å². The fourth-order valence-electron chi connectivity index (χ4n) is 2.19. The van der Waals surface area contributed by atoms with E-state index in [1.54, 1.807) is 5.32 Å². The summed E-state index contributed by atoms with van der Waals surface area (Å²) in [4.78, 5) is 22.8. The molecule has 0 saturated carbocycles. The maximum atomic E-state index is 13.2. The third-order valence-corrected chi connectivity index (χ3v) is 4.03. The van der Waals surface area contributed by atoms with Crippen LogP contribution in [0.25, 0.3) is 0 Å². The number of nitro benzene ring substituents is 2. The number of pyridine rings is 1. The smallest absolute Gasteiger partial charge is 0.341 e. The number of aromatic nitrogens is 1. The fourth-order valence-corrected chi connectivity index (χ4v) is 2.72. The molecule has 0 bridgehead atoms. The minimum atomic E-state index is -5.33. The molecule has 0 aliphatic rings. The third-order valence-electron chi connectivity index (χ3n) is 3.36. The van der Waals surface area contributed by atoms with Crippen LogP contribution < -0.4 is 5.32 Å². The van der Waals surface area contributed by atoms with Gasteiger partial charge in [-0.1, -0.05) is 23.2 Å². The van der Waals surface area contributed by atoms with E-state index in [9.17, 15) is 46.6 Å². The zero-order valence-electron chi connectivity index (χ0n) is 13.2. The minimum Gasteiger partial charge on any atom is -0.341 e. The lowest BCUT2D eigenvalue weighted by Gasteiger charge is -2.17. The van der Waals surface area contributed by atoms with Gasteiger partial charge in [0.2, 0.25) is 0 Å². The number of hydrogen-bond donors (Lipinski definition) is 1. The molecule has 1 aromatic heterocycles. The molecule has 1 heterocycles. The quantitative estimate of drug-likeness (QED) is 0.257. The Hall–Kier alpha value is -2.87. The number of nitro groups is 2. The number of hydrogen-bond acceptors (Lipinski definition) is 6. The maximum absolute atomic E-state index is 13.2. The van der Waals surface area contributed by atoms with E-state index in [-0.39, 0.29) is 6.07 Å². The molecule has 1 aromatic carbocycles. The average molecular weight is 465 g/mol. The van der Waals surface area contributed by atoms with Gasteiger partial charge in [-0.15, -0.1) is 0 Å². The van der Waals surface area contributed by atoms with Crippen LogP contribution in [0.4, 0.5) is 49.1 Å². The molecular weight excluding hydrogens is 461 g/mol. The van der Waals surface area contributed by atoms with Crippen molar-refractivity contribution in [2.75, 3.05) is 5.32 Å². The summed E-state index contributed by atoms with van der Waals surface area (Å²) >= 11 is 11.0. The van der Waals surface area contributed by atoms with Gasteiger partial charge in [0.05, 0.1) is 26.7 Å². The molecule has 2 rings (SSSR count). The van der Waals surface area contributed by atoms with Crippen LogP contribution in [-0.2, 0) is 12.4 Å². The zero-order valence-corrected chi connectivity index (χ0v) is 14.7. The summed E-state index contributed by atoms with van der Waals surface area (Å²) < 4.78 is 78.7. The van der Waals surface area contributed by atoms with Crippen molar-refractivity contribution in [2.45, 2.75) is 12.4 Å². The van der Waals surface area contributed by atoms with E-state index in [4.69, 9.17) is 23.2 Å². The third kappa shape index (κ3) is 4.42. The second-order valence-electron chi connectivity index (χ2n) is 5.14. The van der Waals surface area contributed by atoms with E-state index in [0.29, 0.717) is 12.3 Å². The van der Waals surface area contributed by atoms with Crippen molar-refractivity contribution < 1.29 is 36.2 Å². The van der Waals surface area contributed by atoms with Gasteiger partial charge in [0, 0.05) is 12.3 Å². The summed E-state index contributed by atoms with van der Waals surface area (Å²) in [6.45, 7) is 0. The summed E-state index contributed by atoms with van der Waals surface area (Å²) in [6.07, 6.45) is -9.78. The summed E-state index contributed by atoms with van der Waals surface area (Å²) in [6, 6.07) is 0.257. The van der Waals surface area contributed by atoms with Gasteiger partial charge in [-0.2, -0.15) is 26.3 Å². The number of alkyl halides is 6. The molecule has 16 heteroatoms. The molecule has 0 aliphatic carbocycles. The first-order valence-corrected chi connectivity index (χ1v) is 7.63. The van der Waals surface area contributed by atoms with E-state index in [1.807, 2.05) is 0 Å². The number of rotatable bonds is 4. The minimum absolute atomic E-state index is 0.144. The van der Waals surface area contributed by atoms with Gasteiger partial charge in [0.1, 0.15) is 5.02 Å². The highest BCUT2D eigenvalue weighted by molar-refractivity contribution is 6.35. The van der Waals surface area contributed by atoms with E-state index >= 15 is 0 Å². The molecule has 0 fully saturated rings. The van der Waals surface area contributed by atoms with Gasteiger partial charge < -0.3 is 5.32 Å². The number of benzene rings is 1. The standard InChI is InChI=1S/C13H4Cl2F6N4O4/c14-7-5(13(19,20)21)3-6(24(26)27)9(10(7)25(28)29)23-8-4(12(16,17)18)1-2-22-11(8)15/h1-3,23H. The summed E-state index contributed by atoms with van der Waals surface area (Å²) in [5.74, 6) is 0. The van der Waals surface area contributed by atoms with E-state index < -0.39 is 66.3 Å². The largest absolute Gasteiger partial charge is 0.418 e. The molecule has 0 aliphatic heterocycles. The van der Waals surface area contributed by atoms with Crippen molar-refractivity contribution in [1.82, 2.24) is 4.98 Å². The molecule has 1 N–H and O–H groups in total. The number of halogens is 8. The first-order chi connectivity index (χ1) is 13.2. The van der Waals surface area contributed by atoms with Crippen molar-refractivity contribution in [3.63, 3.8) is 0 Å². The van der Waals surface area contributed by atoms with Crippen molar-refractivity contribution in [3.05, 3.63) is 59.9 Å². The number of nitrogens with one attached hydrogen (secondary N) is 1. The molecular formula is C13H4Cl2F6N4O4. The van der Waals surface area contributed by atoms with Gasteiger partial charge in [-0.25, -0.2) is 4.98 Å². The highest BCUT2D eigenvalue weighted by Gasteiger charge is 2.43. The molecule has 0 radical (unpaired) electrons. The molecule has 0 amide bonds. The Morgan fingerprint density at radius 3 is 1.93 bits per heavy atom. The predicted octanol–water partition coefficient (Wildman–Crippen LogP) is 5.99. The van der Waals surface area contributed by atoms with E-state index in [0.717, 1.165) is 0 Å². The molecule has 0 unspecified atom stereocenters. The Kier molecular flexibility index (Phi) is 5.81. The number of anilines is 2. The van der Waals surface area contributed by atoms with Crippen LogP contribution in [0.5, 0.6) is 0 Å². The van der Waals surface area contributed by atoms with Gasteiger partial charge in [-0.05, 0) is 6.07 Å². The van der Waals surface area contributed by atoms with E-state index in [2.05, 4.69) is 4.98 Å². The highest BCUT2D eigenvalue weighted by atomic mass is 35.5. The van der Waals surface area contributed by atoms with Crippen LogP contribution in [0.3, 0.4) is 0 Å². The van der Waals surface area contributed by atoms with Gasteiger partial charge in [-0.3, -0.25) is 20.2 Å². The first kappa shape index (κ1) is 22.4. The van der Waals surface area contributed by atoms with Crippen LogP contribution in [0, 0.1) is 20.2 Å². The van der Waals surface area contributed by atoms with Crippen LogP contribution in [0.1, 0.15) is 11.1 Å². The lowest BCUT2D eigenvalue weighted by Crippen LogP contribution is -2.13. The Morgan fingerprint density at radius 2 is 1.48 bits per heavy atom. The van der Waals surface area contributed by atoms with Crippen molar-refractivity contribution >= 4 is 46.0 Å². The Morgan fingerprint density at radius 1 is 0.931 bits per heavy atom. The van der Waals surface area contributed by atoms with Gasteiger partial charge in [0.15, 0.2) is 10.8 Å². The predicted molar refractivity (Wildman–Crippen MR) is 87.3 cm³/mol. The molecule has 2 aromatic rings. The zero-order chi connectivity index (χ0) is 22.3. The molecule has 29 heavy (non-hydrogen) atoms. The van der Waals surface area contributed by atoms with Crippen LogP contribution in [0.2, 0.25) is 10.2 Å². The molecule has 0 atom stereocenters. The Bertz CT molecular complexity index is 1010. The molecule has 0 saturated heterocycles. The molecule has 0 spiro atoms. The molecule has 8 nitrogen and oxygen atoms in total. The van der Waals surface area contributed by atoms with Gasteiger partial charge >= 0.3 is 23.7 Å². The summed E-state index contributed by atoms with van der Waals surface area (Å²) in [5.41, 5.74) is -9.15. The second-order valence-corrected chi connectivity index (χ2v) is 5.88. The maximum Gasteiger partial charge on any atom is 0.418 e. The van der Waals surface area contributed by atoms with Crippen LogP contribution >= 0.6 is 23.2 Å². The average Bonchev–Trinajstić information content (AvgIpc) is 2.53. The first-order valence-electron chi connectivity index (χ1n) is 6.87. The normalized spacial score (nSPS) is 12.0. The van der Waals surface area contributed by atoms with Crippen molar-refractivity contribution in [1.29, 1.82) is 0 Å². The Balaban J connectivity index is 2.90. The van der Waals surface area contributed by atoms with Crippen LogP contribution in [-0.4, -0.2) is 14.8 Å². The lowest BCUT2D eigenvalue weighted by atomic mass is 10.1. The topological polar surface area (TPSA) is 111 Å². The second kappa shape index (κ2) is 7.51. The Labute approximate surface area is 165 Å². The number of nitrogens with zero attached hydrogens (tertiary/aromatic N) is 3. The monoisotopic (exact) mass is 464 g/mol. The molecule has 156 valence electrons. The highest BCUT2D eigenvalue weighted by Crippen LogP contribution is 2.49.